The molecule has 2 aromatic carbocycles. The van der Waals surface area contributed by atoms with Crippen LogP contribution in [0, 0.1) is 16.7 Å². The molecule has 3 nitrogen and oxygen atoms in total. The van der Waals surface area contributed by atoms with Gasteiger partial charge in [-0.1, -0.05) is 74.5 Å². The monoisotopic (exact) mass is 428 g/mol. The second kappa shape index (κ2) is 10.3. The maximum atomic E-state index is 11.9. The number of aliphatic hydroxyl groups is 3. The lowest BCUT2D eigenvalue weighted by Gasteiger charge is -2.52. The molecular weight excluding hydrogens is 392 g/mol. The van der Waals surface area contributed by atoms with Crippen molar-refractivity contribution in [3.63, 3.8) is 0 Å². The van der Waals surface area contributed by atoms with Crippen LogP contribution in [0.3, 0.4) is 0 Å². The number of aliphatic hydroxyl groups excluding tert-OH is 3. The topological polar surface area (TPSA) is 60.7 Å². The van der Waals surface area contributed by atoms with Crippen LogP contribution >= 0.6 is 11.8 Å². The van der Waals surface area contributed by atoms with Crippen LogP contribution in [0.4, 0.5) is 0 Å². The maximum absolute atomic E-state index is 11.9. The Hall–Kier alpha value is -1.33. The van der Waals surface area contributed by atoms with Gasteiger partial charge >= 0.3 is 0 Å². The molecule has 164 valence electrons. The summed E-state index contributed by atoms with van der Waals surface area (Å²) in [6.07, 6.45) is 1.45. The van der Waals surface area contributed by atoms with Crippen molar-refractivity contribution >= 4 is 11.8 Å². The molecule has 0 bridgehead atoms. The zero-order chi connectivity index (χ0) is 21.6. The molecule has 0 spiro atoms. The molecule has 3 N–H and O–H groups in total. The first-order valence-electron chi connectivity index (χ1n) is 11.0. The van der Waals surface area contributed by atoms with Gasteiger partial charge in [0.05, 0.1) is 18.8 Å². The summed E-state index contributed by atoms with van der Waals surface area (Å²) in [6.45, 7) is 4.17. The summed E-state index contributed by atoms with van der Waals surface area (Å²) in [6, 6.07) is 20.4. The van der Waals surface area contributed by atoms with Gasteiger partial charge in [-0.15, -0.1) is 0 Å². The van der Waals surface area contributed by atoms with E-state index in [1.54, 1.807) is 11.8 Å². The van der Waals surface area contributed by atoms with Crippen LogP contribution in [-0.2, 0) is 12.8 Å². The average Bonchev–Trinajstić information content (AvgIpc) is 2.72. The van der Waals surface area contributed by atoms with E-state index in [0.717, 1.165) is 23.5 Å². The number of hydrogen-bond donors (Lipinski definition) is 3. The van der Waals surface area contributed by atoms with Crippen molar-refractivity contribution in [2.45, 2.75) is 51.7 Å². The molecule has 1 saturated heterocycles. The van der Waals surface area contributed by atoms with Gasteiger partial charge in [0.25, 0.3) is 0 Å². The third-order valence-electron chi connectivity index (χ3n) is 6.44. The first kappa shape index (κ1) is 23.3. The minimum atomic E-state index is -0.696. The summed E-state index contributed by atoms with van der Waals surface area (Å²) in [5, 5.41) is 33.2. The Kier molecular flexibility index (Phi) is 8.03. The number of benzene rings is 2. The minimum absolute atomic E-state index is 0.0626. The highest BCUT2D eigenvalue weighted by Gasteiger charge is 2.53. The lowest BCUT2D eigenvalue weighted by Crippen LogP contribution is -2.58. The summed E-state index contributed by atoms with van der Waals surface area (Å²) in [5.41, 5.74) is 1.21. The van der Waals surface area contributed by atoms with E-state index in [1.807, 2.05) is 36.4 Å². The van der Waals surface area contributed by atoms with E-state index < -0.39 is 23.0 Å². The van der Waals surface area contributed by atoms with Crippen LogP contribution in [0.5, 0.6) is 0 Å². The summed E-state index contributed by atoms with van der Waals surface area (Å²) in [5.74, 6) is 1.90. The van der Waals surface area contributed by atoms with Crippen molar-refractivity contribution in [2.75, 3.05) is 18.1 Å². The SMILES string of the molecule is CC(C)CC(O)CC1(Cc2ccccc2)CSCC(CO)(Cc2ccccc2)C1O. The summed E-state index contributed by atoms with van der Waals surface area (Å²) in [4.78, 5) is 0. The first-order valence-corrected chi connectivity index (χ1v) is 12.2. The molecule has 4 heteroatoms. The van der Waals surface area contributed by atoms with Crippen molar-refractivity contribution in [1.82, 2.24) is 0 Å². The predicted molar refractivity (Wildman–Crippen MR) is 126 cm³/mol. The van der Waals surface area contributed by atoms with Gasteiger partial charge in [-0.2, -0.15) is 11.8 Å². The molecule has 0 aliphatic carbocycles. The molecule has 1 aliphatic heterocycles. The minimum Gasteiger partial charge on any atom is -0.396 e. The number of hydrogen-bond acceptors (Lipinski definition) is 4. The zero-order valence-electron chi connectivity index (χ0n) is 18.2. The van der Waals surface area contributed by atoms with E-state index in [0.29, 0.717) is 25.2 Å². The van der Waals surface area contributed by atoms with Crippen molar-refractivity contribution in [1.29, 1.82) is 0 Å². The van der Waals surface area contributed by atoms with Crippen LogP contribution in [0.15, 0.2) is 60.7 Å². The Labute approximate surface area is 185 Å². The van der Waals surface area contributed by atoms with Gasteiger partial charge in [-0.25, -0.2) is 0 Å². The lowest BCUT2D eigenvalue weighted by atomic mass is 9.62. The molecule has 30 heavy (non-hydrogen) atoms. The Balaban J connectivity index is 1.94. The largest absolute Gasteiger partial charge is 0.396 e. The molecule has 4 unspecified atom stereocenters. The first-order chi connectivity index (χ1) is 14.4. The molecule has 4 atom stereocenters. The van der Waals surface area contributed by atoms with Gasteiger partial charge in [-0.05, 0) is 42.7 Å². The quantitative estimate of drug-likeness (QED) is 0.556. The highest BCUT2D eigenvalue weighted by atomic mass is 32.2. The molecule has 1 heterocycles. The molecule has 2 aromatic rings. The van der Waals surface area contributed by atoms with Gasteiger partial charge in [0, 0.05) is 22.3 Å². The second-order valence-corrected chi connectivity index (χ2v) is 10.6. The van der Waals surface area contributed by atoms with Crippen molar-refractivity contribution in [2.24, 2.45) is 16.7 Å². The zero-order valence-corrected chi connectivity index (χ0v) is 19.0. The molecule has 0 saturated carbocycles. The van der Waals surface area contributed by atoms with E-state index in [9.17, 15) is 15.3 Å². The second-order valence-electron chi connectivity index (χ2n) is 9.59. The average molecular weight is 429 g/mol. The van der Waals surface area contributed by atoms with Crippen LogP contribution < -0.4 is 0 Å². The standard InChI is InChI=1S/C26H36O3S/c1-20(2)13-23(28)16-25(14-21-9-5-3-6-10-21)18-30-19-26(17-27,24(25)29)15-22-11-7-4-8-12-22/h3-12,20,23-24,27-29H,13-19H2,1-2H3. The van der Waals surface area contributed by atoms with Crippen LogP contribution in [0.1, 0.15) is 37.8 Å². The van der Waals surface area contributed by atoms with E-state index in [2.05, 4.69) is 38.1 Å². The Morgan fingerprint density at radius 3 is 1.90 bits per heavy atom. The number of rotatable bonds is 9. The lowest BCUT2D eigenvalue weighted by molar-refractivity contribution is -0.0974. The van der Waals surface area contributed by atoms with Crippen molar-refractivity contribution in [3.8, 4) is 0 Å². The molecule has 1 fully saturated rings. The predicted octanol–water partition coefficient (Wildman–Crippen LogP) is 4.34. The maximum Gasteiger partial charge on any atom is 0.0697 e. The highest BCUT2D eigenvalue weighted by molar-refractivity contribution is 7.99. The normalized spacial score (nSPS) is 27.9. The van der Waals surface area contributed by atoms with Gasteiger partial charge in [0.2, 0.25) is 0 Å². The summed E-state index contributed by atoms with van der Waals surface area (Å²) < 4.78 is 0. The third kappa shape index (κ3) is 5.47. The smallest absolute Gasteiger partial charge is 0.0697 e. The van der Waals surface area contributed by atoms with Gasteiger partial charge in [0.15, 0.2) is 0 Å². The van der Waals surface area contributed by atoms with Crippen LogP contribution in [-0.4, -0.2) is 45.6 Å². The highest BCUT2D eigenvalue weighted by Crippen LogP contribution is 2.50. The fraction of sp³-hybridized carbons (Fsp3) is 0.538. The van der Waals surface area contributed by atoms with E-state index in [4.69, 9.17) is 0 Å². The van der Waals surface area contributed by atoms with Crippen molar-refractivity contribution < 1.29 is 15.3 Å². The molecule has 0 aromatic heterocycles. The van der Waals surface area contributed by atoms with E-state index in [-0.39, 0.29) is 6.61 Å². The number of thioether (sulfide) groups is 1. The molecular formula is C26H36O3S. The molecule has 0 radical (unpaired) electrons. The van der Waals surface area contributed by atoms with Gasteiger partial charge in [-0.3, -0.25) is 0 Å². The Morgan fingerprint density at radius 1 is 0.900 bits per heavy atom. The third-order valence-corrected chi connectivity index (χ3v) is 8.00. The molecule has 3 rings (SSSR count). The molecule has 1 aliphatic rings. The molecule has 0 amide bonds. The Bertz CT molecular complexity index is 766. The fourth-order valence-corrected chi connectivity index (χ4v) is 6.74. The van der Waals surface area contributed by atoms with Crippen LogP contribution in [0.25, 0.3) is 0 Å². The van der Waals surface area contributed by atoms with Gasteiger partial charge in [0.1, 0.15) is 0 Å². The Morgan fingerprint density at radius 2 is 1.40 bits per heavy atom. The van der Waals surface area contributed by atoms with E-state index in [1.165, 1.54) is 5.56 Å². The summed E-state index contributed by atoms with van der Waals surface area (Å²) in [7, 11) is 0. The van der Waals surface area contributed by atoms with Crippen LogP contribution in [0.2, 0.25) is 0 Å². The van der Waals surface area contributed by atoms with Crippen molar-refractivity contribution in [3.05, 3.63) is 71.8 Å². The van der Waals surface area contributed by atoms with E-state index >= 15 is 0 Å². The summed E-state index contributed by atoms with van der Waals surface area (Å²) >= 11 is 1.81. The fourth-order valence-electron chi connectivity index (χ4n) is 5.09. The van der Waals surface area contributed by atoms with Gasteiger partial charge < -0.3 is 15.3 Å².